The molecule has 84 valence electrons. The average molecular weight is 213 g/mol. The van der Waals surface area contributed by atoms with Gasteiger partial charge in [-0.15, -0.1) is 0 Å². The number of carboxylic acid groups (broad SMARTS) is 1. The van der Waals surface area contributed by atoms with Crippen LogP contribution in [0.1, 0.15) is 25.7 Å². The van der Waals surface area contributed by atoms with Gasteiger partial charge >= 0.3 is 6.09 Å². The van der Waals surface area contributed by atoms with Crippen molar-refractivity contribution in [1.82, 2.24) is 4.90 Å². The molecule has 0 unspecified atom stereocenters. The maximum atomic E-state index is 11.7. The molecule has 0 radical (unpaired) electrons. The van der Waals surface area contributed by atoms with Crippen molar-refractivity contribution in [2.24, 2.45) is 5.41 Å². The number of carbonyl (C=O) groups excluding carboxylic acids is 1. The molecule has 2 N–H and O–H groups in total. The number of amides is 1. The second-order valence-corrected chi connectivity index (χ2v) is 4.54. The summed E-state index contributed by atoms with van der Waals surface area (Å²) in [6.07, 6.45) is 0.446. The van der Waals surface area contributed by atoms with E-state index in [2.05, 4.69) is 0 Å². The molecular formula is C10H15NO4. The van der Waals surface area contributed by atoms with Gasteiger partial charge in [0, 0.05) is 24.9 Å². The normalized spacial score (nSPS) is 29.8. The van der Waals surface area contributed by atoms with Crippen molar-refractivity contribution in [3.05, 3.63) is 0 Å². The molecule has 1 aliphatic heterocycles. The second kappa shape index (κ2) is 3.48. The van der Waals surface area contributed by atoms with Crippen LogP contribution in [0.2, 0.25) is 0 Å². The van der Waals surface area contributed by atoms with Gasteiger partial charge in [-0.3, -0.25) is 4.79 Å². The Kier molecular flexibility index (Phi) is 2.42. The minimum absolute atomic E-state index is 0.111. The lowest BCUT2D eigenvalue weighted by atomic mass is 9.76. The molecule has 1 aliphatic carbocycles. The fraction of sp³-hybridized carbons (Fsp3) is 0.800. The molecule has 0 aromatic rings. The number of ketones is 1. The Labute approximate surface area is 87.7 Å². The van der Waals surface area contributed by atoms with Gasteiger partial charge in [-0.05, 0) is 19.3 Å². The molecule has 15 heavy (non-hydrogen) atoms. The summed E-state index contributed by atoms with van der Waals surface area (Å²) in [7, 11) is 0. The number of rotatable bonds is 0. The first-order valence-corrected chi connectivity index (χ1v) is 5.23. The number of aliphatic hydroxyl groups is 1. The maximum Gasteiger partial charge on any atom is 0.407 e. The standard InChI is InChI=1S/C10H15NO4/c12-7-5-8(13)10(6-7)1-3-11(4-2-10)9(14)15/h7,12H,1-6H2,(H,14,15)/t7-/m0/s1. The number of hydrogen-bond acceptors (Lipinski definition) is 3. The van der Waals surface area contributed by atoms with Crippen LogP contribution >= 0.6 is 0 Å². The van der Waals surface area contributed by atoms with Gasteiger partial charge in [-0.25, -0.2) is 4.79 Å². The first-order chi connectivity index (χ1) is 7.03. The van der Waals surface area contributed by atoms with E-state index in [1.807, 2.05) is 0 Å². The summed E-state index contributed by atoms with van der Waals surface area (Å²) in [5.41, 5.74) is -0.425. The highest BCUT2D eigenvalue weighted by Gasteiger charge is 2.48. The average Bonchev–Trinajstić information content (AvgIpc) is 2.42. The molecule has 1 saturated heterocycles. The number of likely N-dealkylation sites (tertiary alicyclic amines) is 1. The van der Waals surface area contributed by atoms with E-state index >= 15 is 0 Å². The Balaban J connectivity index is 2.03. The van der Waals surface area contributed by atoms with E-state index in [1.165, 1.54) is 4.90 Å². The molecule has 2 fully saturated rings. The predicted molar refractivity (Wildman–Crippen MR) is 51.5 cm³/mol. The monoisotopic (exact) mass is 213 g/mol. The Morgan fingerprint density at radius 3 is 2.40 bits per heavy atom. The third-order valence-electron chi connectivity index (χ3n) is 3.63. The van der Waals surface area contributed by atoms with Gasteiger partial charge in [-0.1, -0.05) is 0 Å². The number of aliphatic hydroxyl groups excluding tert-OH is 1. The van der Waals surface area contributed by atoms with E-state index in [1.54, 1.807) is 0 Å². The zero-order chi connectivity index (χ0) is 11.1. The highest BCUT2D eigenvalue weighted by Crippen LogP contribution is 2.43. The molecule has 1 atom stereocenters. The van der Waals surface area contributed by atoms with Gasteiger partial charge in [0.1, 0.15) is 5.78 Å². The van der Waals surface area contributed by atoms with E-state index in [0.29, 0.717) is 32.4 Å². The van der Waals surface area contributed by atoms with E-state index in [0.717, 1.165) is 0 Å². The van der Waals surface area contributed by atoms with Crippen molar-refractivity contribution >= 4 is 11.9 Å². The molecule has 1 spiro atoms. The molecule has 0 aromatic heterocycles. The van der Waals surface area contributed by atoms with Gasteiger partial charge in [0.25, 0.3) is 0 Å². The molecule has 0 bridgehead atoms. The molecule has 5 heteroatoms. The number of carbonyl (C=O) groups is 2. The van der Waals surface area contributed by atoms with Gasteiger partial charge in [0.05, 0.1) is 6.10 Å². The van der Waals surface area contributed by atoms with Gasteiger partial charge in [-0.2, -0.15) is 0 Å². The van der Waals surface area contributed by atoms with Crippen LogP contribution in [0.15, 0.2) is 0 Å². The van der Waals surface area contributed by atoms with Crippen molar-refractivity contribution < 1.29 is 19.8 Å². The summed E-state index contributed by atoms with van der Waals surface area (Å²) < 4.78 is 0. The van der Waals surface area contributed by atoms with Crippen molar-refractivity contribution in [3.63, 3.8) is 0 Å². The second-order valence-electron chi connectivity index (χ2n) is 4.54. The van der Waals surface area contributed by atoms with Gasteiger partial charge in [0.2, 0.25) is 0 Å². The predicted octanol–water partition coefficient (Wildman–Crippen LogP) is 0.470. The number of nitrogens with zero attached hydrogens (tertiary/aromatic N) is 1. The van der Waals surface area contributed by atoms with Crippen LogP contribution in [0.25, 0.3) is 0 Å². The molecule has 1 heterocycles. The quantitative estimate of drug-likeness (QED) is 0.613. The third-order valence-corrected chi connectivity index (χ3v) is 3.63. The topological polar surface area (TPSA) is 77.8 Å². The highest BCUT2D eigenvalue weighted by atomic mass is 16.4. The Morgan fingerprint density at radius 1 is 1.40 bits per heavy atom. The maximum absolute atomic E-state index is 11.7. The van der Waals surface area contributed by atoms with Crippen LogP contribution in [0, 0.1) is 5.41 Å². The molecule has 0 aromatic carbocycles. The number of piperidine rings is 1. The molecule has 1 amide bonds. The zero-order valence-corrected chi connectivity index (χ0v) is 8.48. The Hall–Kier alpha value is -1.10. The van der Waals surface area contributed by atoms with Crippen molar-refractivity contribution in [3.8, 4) is 0 Å². The summed E-state index contributed by atoms with van der Waals surface area (Å²) in [6.45, 7) is 0.821. The fourth-order valence-electron chi connectivity index (χ4n) is 2.68. The smallest absolute Gasteiger partial charge is 0.407 e. The Bertz CT molecular complexity index is 294. The fourth-order valence-corrected chi connectivity index (χ4v) is 2.68. The number of hydrogen-bond donors (Lipinski definition) is 2. The van der Waals surface area contributed by atoms with Gasteiger partial charge in [0.15, 0.2) is 0 Å². The summed E-state index contributed by atoms with van der Waals surface area (Å²) in [5, 5.41) is 18.2. The highest BCUT2D eigenvalue weighted by molar-refractivity contribution is 5.87. The van der Waals surface area contributed by atoms with Crippen LogP contribution in [0.3, 0.4) is 0 Å². The van der Waals surface area contributed by atoms with Crippen molar-refractivity contribution in [2.75, 3.05) is 13.1 Å². The Morgan fingerprint density at radius 2 is 2.00 bits per heavy atom. The summed E-state index contributed by atoms with van der Waals surface area (Å²) >= 11 is 0. The molecular weight excluding hydrogens is 198 g/mol. The van der Waals surface area contributed by atoms with Crippen LogP contribution in [0.5, 0.6) is 0 Å². The van der Waals surface area contributed by atoms with E-state index in [-0.39, 0.29) is 12.2 Å². The van der Waals surface area contributed by atoms with Crippen LogP contribution in [0.4, 0.5) is 4.79 Å². The summed E-state index contributed by atoms with van der Waals surface area (Å²) in [5.74, 6) is 0.111. The summed E-state index contributed by atoms with van der Waals surface area (Å²) in [4.78, 5) is 23.7. The molecule has 1 saturated carbocycles. The lowest BCUT2D eigenvalue weighted by molar-refractivity contribution is -0.128. The van der Waals surface area contributed by atoms with Crippen LogP contribution < -0.4 is 0 Å². The summed E-state index contributed by atoms with van der Waals surface area (Å²) in [6, 6.07) is 0. The first kappa shape index (κ1) is 10.4. The van der Waals surface area contributed by atoms with E-state index in [4.69, 9.17) is 5.11 Å². The van der Waals surface area contributed by atoms with E-state index < -0.39 is 17.6 Å². The lowest BCUT2D eigenvalue weighted by Crippen LogP contribution is -2.44. The van der Waals surface area contributed by atoms with Crippen molar-refractivity contribution in [1.29, 1.82) is 0 Å². The van der Waals surface area contributed by atoms with Crippen LogP contribution in [-0.2, 0) is 4.79 Å². The van der Waals surface area contributed by atoms with Gasteiger partial charge < -0.3 is 15.1 Å². The first-order valence-electron chi connectivity index (χ1n) is 5.23. The molecule has 5 nitrogen and oxygen atoms in total. The third kappa shape index (κ3) is 1.71. The van der Waals surface area contributed by atoms with Crippen molar-refractivity contribution in [2.45, 2.75) is 31.8 Å². The minimum Gasteiger partial charge on any atom is -0.465 e. The number of Topliss-reactive ketones (excluding diaryl/α,β-unsaturated/α-hetero) is 1. The zero-order valence-electron chi connectivity index (χ0n) is 8.48. The molecule has 2 aliphatic rings. The molecule has 2 rings (SSSR count). The van der Waals surface area contributed by atoms with E-state index in [9.17, 15) is 14.7 Å². The largest absolute Gasteiger partial charge is 0.465 e. The van der Waals surface area contributed by atoms with Crippen LogP contribution in [-0.4, -0.2) is 46.2 Å². The SMILES string of the molecule is O=C(O)N1CCC2(CC1)C[C@@H](O)CC2=O. The minimum atomic E-state index is -0.921. The lowest BCUT2D eigenvalue weighted by Gasteiger charge is -2.36.